The molecule has 1 aromatic heterocycles. The molecule has 0 bridgehead atoms. The highest BCUT2D eigenvalue weighted by Gasteiger charge is 2.21. The largest absolute Gasteiger partial charge is 0.488 e. The van der Waals surface area contributed by atoms with Gasteiger partial charge in [0.1, 0.15) is 12.4 Å². The van der Waals surface area contributed by atoms with Crippen LogP contribution in [0.25, 0.3) is 10.1 Å². The first-order chi connectivity index (χ1) is 15.5. The highest BCUT2D eigenvalue weighted by atomic mass is 79.9. The number of benzene rings is 2. The number of piperidine rings is 1. The number of hydrogen-bond donors (Lipinski definition) is 1. The summed E-state index contributed by atoms with van der Waals surface area (Å²) in [6, 6.07) is 15.8. The van der Waals surface area contributed by atoms with Crippen LogP contribution < -0.4 is 10.1 Å². The standard InChI is InChI=1S/C26H34BrN3OS/c1-28-17-19-16-20(27)8-9-24(19)31-18-26-23(22-6-4-5-7-25(22)32-26)12-15-30-13-10-21(11-14-30)29(2)3/h4-9,16,21,28H,10-15,17-18H2,1-3H3. The summed E-state index contributed by atoms with van der Waals surface area (Å²) in [5.74, 6) is 0.955. The monoisotopic (exact) mass is 515 g/mol. The Hall–Kier alpha value is -1.44. The molecule has 32 heavy (non-hydrogen) atoms. The number of likely N-dealkylation sites (tertiary alicyclic amines) is 1. The fourth-order valence-electron chi connectivity index (χ4n) is 4.63. The molecule has 4 rings (SSSR count). The number of ether oxygens (including phenoxy) is 1. The molecule has 1 N–H and O–H groups in total. The minimum atomic E-state index is 0.621. The van der Waals surface area contributed by atoms with E-state index in [4.69, 9.17) is 4.74 Å². The summed E-state index contributed by atoms with van der Waals surface area (Å²) in [4.78, 5) is 6.37. The van der Waals surface area contributed by atoms with Gasteiger partial charge in [-0.3, -0.25) is 0 Å². The molecule has 4 nitrogen and oxygen atoms in total. The Kier molecular flexibility index (Phi) is 8.24. The van der Waals surface area contributed by atoms with Crippen molar-refractivity contribution in [2.45, 2.75) is 38.5 Å². The van der Waals surface area contributed by atoms with Crippen LogP contribution in [0.15, 0.2) is 46.9 Å². The molecule has 0 radical (unpaired) electrons. The SMILES string of the molecule is CNCc1cc(Br)ccc1OCc1sc2ccccc2c1CCN1CCC(N(C)C)CC1. The first-order valence-electron chi connectivity index (χ1n) is 11.5. The fourth-order valence-corrected chi connectivity index (χ4v) is 6.20. The lowest BCUT2D eigenvalue weighted by Gasteiger charge is -2.35. The van der Waals surface area contributed by atoms with Crippen molar-refractivity contribution in [3.63, 3.8) is 0 Å². The van der Waals surface area contributed by atoms with Gasteiger partial charge in [-0.25, -0.2) is 0 Å². The quantitative estimate of drug-likeness (QED) is 0.405. The Morgan fingerprint density at radius 2 is 1.94 bits per heavy atom. The lowest BCUT2D eigenvalue weighted by atomic mass is 10.0. The van der Waals surface area contributed by atoms with Gasteiger partial charge in [-0.15, -0.1) is 11.3 Å². The molecule has 2 heterocycles. The maximum atomic E-state index is 6.36. The Bertz CT molecular complexity index is 1030. The zero-order chi connectivity index (χ0) is 22.5. The van der Waals surface area contributed by atoms with E-state index in [9.17, 15) is 0 Å². The van der Waals surface area contributed by atoms with Crippen molar-refractivity contribution < 1.29 is 4.74 Å². The van der Waals surface area contributed by atoms with Crippen LogP contribution in [0.4, 0.5) is 0 Å². The molecule has 0 atom stereocenters. The Morgan fingerprint density at radius 3 is 2.69 bits per heavy atom. The average molecular weight is 517 g/mol. The van der Waals surface area contributed by atoms with Crippen LogP contribution in [0.1, 0.15) is 28.8 Å². The molecule has 0 aliphatic carbocycles. The van der Waals surface area contributed by atoms with Gasteiger partial charge < -0.3 is 19.9 Å². The Morgan fingerprint density at radius 1 is 1.16 bits per heavy atom. The number of nitrogens with one attached hydrogen (secondary N) is 1. The van der Waals surface area contributed by atoms with Gasteiger partial charge in [-0.1, -0.05) is 34.1 Å². The van der Waals surface area contributed by atoms with Crippen molar-refractivity contribution >= 4 is 37.4 Å². The second-order valence-corrected chi connectivity index (χ2v) is 10.9. The maximum absolute atomic E-state index is 6.36. The van der Waals surface area contributed by atoms with E-state index in [-0.39, 0.29) is 0 Å². The van der Waals surface area contributed by atoms with Crippen LogP contribution in [-0.4, -0.2) is 56.6 Å². The fraction of sp³-hybridized carbons (Fsp3) is 0.462. The van der Waals surface area contributed by atoms with Crippen molar-refractivity contribution in [2.24, 2.45) is 0 Å². The van der Waals surface area contributed by atoms with Crippen molar-refractivity contribution in [3.8, 4) is 5.75 Å². The number of thiophene rings is 1. The molecule has 172 valence electrons. The third-order valence-electron chi connectivity index (χ3n) is 6.50. The van der Waals surface area contributed by atoms with Gasteiger partial charge >= 0.3 is 0 Å². The van der Waals surface area contributed by atoms with Gasteiger partial charge in [-0.2, -0.15) is 0 Å². The molecule has 1 aliphatic rings. The van der Waals surface area contributed by atoms with E-state index < -0.39 is 0 Å². The Labute approximate surface area is 204 Å². The van der Waals surface area contributed by atoms with Gasteiger partial charge in [0.05, 0.1) is 0 Å². The number of fused-ring (bicyclic) bond motifs is 1. The number of rotatable bonds is 9. The van der Waals surface area contributed by atoms with E-state index in [0.717, 1.165) is 35.8 Å². The average Bonchev–Trinajstić information content (AvgIpc) is 3.15. The third kappa shape index (κ3) is 5.72. The summed E-state index contributed by atoms with van der Waals surface area (Å²) in [5.41, 5.74) is 2.64. The normalized spacial score (nSPS) is 15.7. The zero-order valence-electron chi connectivity index (χ0n) is 19.4. The highest BCUT2D eigenvalue weighted by molar-refractivity contribution is 9.10. The van der Waals surface area contributed by atoms with Crippen LogP contribution in [0, 0.1) is 0 Å². The van der Waals surface area contributed by atoms with E-state index in [1.165, 1.54) is 52.0 Å². The molecule has 1 fully saturated rings. The molecule has 2 aromatic carbocycles. The van der Waals surface area contributed by atoms with Gasteiger partial charge in [0, 0.05) is 38.7 Å². The summed E-state index contributed by atoms with van der Waals surface area (Å²) in [6.45, 7) is 4.93. The molecule has 3 aromatic rings. The summed E-state index contributed by atoms with van der Waals surface area (Å²) in [6.07, 6.45) is 3.62. The van der Waals surface area contributed by atoms with E-state index in [2.05, 4.69) is 87.6 Å². The predicted octanol–water partition coefficient (Wildman–Crippen LogP) is 5.53. The molecule has 6 heteroatoms. The second-order valence-electron chi connectivity index (χ2n) is 8.86. The van der Waals surface area contributed by atoms with Crippen LogP contribution in [0.3, 0.4) is 0 Å². The lowest BCUT2D eigenvalue weighted by molar-refractivity contribution is 0.146. The topological polar surface area (TPSA) is 27.7 Å². The lowest BCUT2D eigenvalue weighted by Crippen LogP contribution is -2.42. The van der Waals surface area contributed by atoms with Crippen LogP contribution in [0.5, 0.6) is 5.75 Å². The number of nitrogens with zero attached hydrogens (tertiary/aromatic N) is 2. The molecule has 0 unspecified atom stereocenters. The summed E-state index contributed by atoms with van der Waals surface area (Å²) in [7, 11) is 6.38. The summed E-state index contributed by atoms with van der Waals surface area (Å²) < 4.78 is 8.80. The minimum Gasteiger partial charge on any atom is -0.488 e. The van der Waals surface area contributed by atoms with E-state index in [1.54, 1.807) is 0 Å². The number of hydrogen-bond acceptors (Lipinski definition) is 5. The van der Waals surface area contributed by atoms with Gasteiger partial charge in [0.2, 0.25) is 0 Å². The molecular formula is C26H34BrN3OS. The van der Waals surface area contributed by atoms with E-state index in [1.807, 2.05) is 18.4 Å². The first-order valence-corrected chi connectivity index (χ1v) is 13.1. The molecular weight excluding hydrogens is 482 g/mol. The summed E-state index contributed by atoms with van der Waals surface area (Å²) >= 11 is 5.46. The van der Waals surface area contributed by atoms with Gasteiger partial charge in [-0.05, 0) is 88.7 Å². The Balaban J connectivity index is 1.47. The van der Waals surface area contributed by atoms with E-state index >= 15 is 0 Å². The smallest absolute Gasteiger partial charge is 0.124 e. The van der Waals surface area contributed by atoms with Crippen molar-refractivity contribution in [1.82, 2.24) is 15.1 Å². The van der Waals surface area contributed by atoms with Crippen molar-refractivity contribution in [3.05, 3.63) is 62.9 Å². The van der Waals surface area contributed by atoms with E-state index in [0.29, 0.717) is 6.61 Å². The molecule has 1 aliphatic heterocycles. The maximum Gasteiger partial charge on any atom is 0.124 e. The van der Waals surface area contributed by atoms with Crippen LogP contribution >= 0.6 is 27.3 Å². The number of halogens is 1. The summed E-state index contributed by atoms with van der Waals surface area (Å²) in [5, 5.41) is 4.64. The van der Waals surface area contributed by atoms with Gasteiger partial charge in [0.25, 0.3) is 0 Å². The highest BCUT2D eigenvalue weighted by Crippen LogP contribution is 2.33. The minimum absolute atomic E-state index is 0.621. The van der Waals surface area contributed by atoms with Crippen molar-refractivity contribution in [2.75, 3.05) is 40.8 Å². The zero-order valence-corrected chi connectivity index (χ0v) is 21.8. The van der Waals surface area contributed by atoms with Crippen molar-refractivity contribution in [1.29, 1.82) is 0 Å². The van der Waals surface area contributed by atoms with Crippen LogP contribution in [0.2, 0.25) is 0 Å². The molecule has 0 saturated carbocycles. The second kappa shape index (κ2) is 11.1. The molecule has 1 saturated heterocycles. The third-order valence-corrected chi connectivity index (χ3v) is 8.18. The first kappa shape index (κ1) is 23.7. The molecule has 0 amide bonds. The molecule has 0 spiro atoms. The predicted molar refractivity (Wildman–Crippen MR) is 140 cm³/mol. The van der Waals surface area contributed by atoms with Crippen LogP contribution in [-0.2, 0) is 19.6 Å². The van der Waals surface area contributed by atoms with Gasteiger partial charge in [0.15, 0.2) is 0 Å².